The standard InChI is InChI=1S/C31H41N5O5S2/c1-20(2)41-30(38)35-23-11-9-21(10-12-23)29-33-19-26(42-29)25-15-13-24(18-27(25)43(39,40)36-31(3,4)5)34-28(37)16-14-22-8-6-7-17-32-22/h6-8,13,15,17-21,23,36H,9-12,14,16H2,1-5H3,(H,34,37)(H,35,38). The van der Waals surface area contributed by atoms with Crippen molar-refractivity contribution in [3.05, 3.63) is 59.5 Å². The summed E-state index contributed by atoms with van der Waals surface area (Å²) in [4.78, 5) is 34.4. The fourth-order valence-electron chi connectivity index (χ4n) is 5.00. The first-order chi connectivity index (χ1) is 20.3. The molecule has 0 spiro atoms. The molecule has 10 nitrogen and oxygen atoms in total. The molecule has 0 bridgehead atoms. The highest BCUT2D eigenvalue weighted by Crippen LogP contribution is 2.40. The molecule has 0 aliphatic heterocycles. The van der Waals surface area contributed by atoms with Gasteiger partial charge in [-0.3, -0.25) is 9.78 Å². The number of pyridine rings is 1. The fourth-order valence-corrected chi connectivity index (χ4v) is 7.85. The Morgan fingerprint density at radius 3 is 2.47 bits per heavy atom. The van der Waals surface area contributed by atoms with Crippen LogP contribution in [0.2, 0.25) is 0 Å². The van der Waals surface area contributed by atoms with E-state index in [4.69, 9.17) is 4.74 Å². The molecule has 2 amide bonds. The van der Waals surface area contributed by atoms with Gasteiger partial charge in [0.05, 0.1) is 20.9 Å². The molecule has 1 fully saturated rings. The molecular weight excluding hydrogens is 587 g/mol. The summed E-state index contributed by atoms with van der Waals surface area (Å²) in [6, 6.07) is 10.6. The number of carbonyl (C=O) groups excluding carboxylic acids is 2. The van der Waals surface area contributed by atoms with E-state index in [1.807, 2.05) is 32.0 Å². The number of benzene rings is 1. The maximum atomic E-state index is 13.6. The van der Waals surface area contributed by atoms with Crippen LogP contribution in [0.25, 0.3) is 10.4 Å². The van der Waals surface area contributed by atoms with Crippen molar-refractivity contribution in [3.8, 4) is 10.4 Å². The van der Waals surface area contributed by atoms with Gasteiger partial charge in [-0.15, -0.1) is 11.3 Å². The third kappa shape index (κ3) is 9.57. The lowest BCUT2D eigenvalue weighted by molar-refractivity contribution is -0.116. The number of rotatable bonds is 10. The first-order valence-electron chi connectivity index (χ1n) is 14.6. The number of anilines is 1. The van der Waals surface area contributed by atoms with Crippen LogP contribution in [0, 0.1) is 0 Å². The molecule has 0 unspecified atom stereocenters. The van der Waals surface area contributed by atoms with Gasteiger partial charge in [0.15, 0.2) is 0 Å². The molecule has 1 saturated carbocycles. The molecule has 3 aromatic rings. The van der Waals surface area contributed by atoms with Crippen LogP contribution < -0.4 is 15.4 Å². The monoisotopic (exact) mass is 627 g/mol. The van der Waals surface area contributed by atoms with Crippen molar-refractivity contribution < 1.29 is 22.7 Å². The summed E-state index contributed by atoms with van der Waals surface area (Å²) in [7, 11) is -3.94. The van der Waals surface area contributed by atoms with Gasteiger partial charge in [-0.2, -0.15) is 0 Å². The van der Waals surface area contributed by atoms with E-state index in [-0.39, 0.29) is 41.4 Å². The van der Waals surface area contributed by atoms with Crippen molar-refractivity contribution >= 4 is 39.0 Å². The van der Waals surface area contributed by atoms with Crippen LogP contribution in [-0.2, 0) is 26.0 Å². The summed E-state index contributed by atoms with van der Waals surface area (Å²) in [5.41, 5.74) is 1.03. The molecular formula is C31H41N5O5S2. The number of aromatic nitrogens is 2. The van der Waals surface area contributed by atoms with Crippen molar-refractivity contribution in [2.75, 3.05) is 5.32 Å². The van der Waals surface area contributed by atoms with E-state index in [1.54, 1.807) is 45.3 Å². The SMILES string of the molecule is CC(C)OC(=O)NC1CCC(c2ncc(-c3ccc(NC(=O)CCc4ccccn4)cc3S(=O)(=O)NC(C)(C)C)s2)CC1. The maximum Gasteiger partial charge on any atom is 0.407 e. The lowest BCUT2D eigenvalue weighted by Gasteiger charge is -2.28. The van der Waals surface area contributed by atoms with E-state index < -0.39 is 15.6 Å². The molecule has 232 valence electrons. The lowest BCUT2D eigenvalue weighted by atomic mass is 9.86. The van der Waals surface area contributed by atoms with Crippen molar-refractivity contribution in [3.63, 3.8) is 0 Å². The summed E-state index contributed by atoms with van der Waals surface area (Å²) in [5, 5.41) is 6.73. The Hall–Kier alpha value is -3.35. The second-order valence-electron chi connectivity index (χ2n) is 12.1. The van der Waals surface area contributed by atoms with E-state index in [2.05, 4.69) is 25.3 Å². The number of thiazole rings is 1. The third-order valence-electron chi connectivity index (χ3n) is 6.86. The maximum absolute atomic E-state index is 13.6. The normalized spacial score (nSPS) is 17.4. The van der Waals surface area contributed by atoms with Gasteiger partial charge >= 0.3 is 6.09 Å². The largest absolute Gasteiger partial charge is 0.447 e. The van der Waals surface area contributed by atoms with Crippen molar-refractivity contribution in [1.82, 2.24) is 20.0 Å². The number of sulfonamides is 1. The zero-order chi connectivity index (χ0) is 31.2. The van der Waals surface area contributed by atoms with E-state index in [0.717, 1.165) is 41.3 Å². The summed E-state index contributed by atoms with van der Waals surface area (Å²) in [5.74, 6) is -0.00323. The van der Waals surface area contributed by atoms with Gasteiger partial charge in [0.2, 0.25) is 15.9 Å². The molecule has 0 radical (unpaired) electrons. The van der Waals surface area contributed by atoms with Crippen LogP contribution in [0.1, 0.15) is 83.3 Å². The first-order valence-corrected chi connectivity index (χ1v) is 16.9. The van der Waals surface area contributed by atoms with Gasteiger partial charge in [0.1, 0.15) is 0 Å². The molecule has 2 aromatic heterocycles. The fraction of sp³-hybridized carbons (Fsp3) is 0.484. The molecule has 43 heavy (non-hydrogen) atoms. The Kier molecular flexibility index (Phi) is 10.6. The van der Waals surface area contributed by atoms with Crippen molar-refractivity contribution in [2.45, 2.75) is 102 Å². The molecule has 0 atom stereocenters. The Bertz CT molecular complexity index is 1510. The van der Waals surface area contributed by atoms with E-state index >= 15 is 0 Å². The molecule has 3 N–H and O–H groups in total. The number of ether oxygens (including phenoxy) is 1. The number of amides is 2. The Morgan fingerprint density at radius 1 is 1.07 bits per heavy atom. The van der Waals surface area contributed by atoms with Gasteiger partial charge in [-0.1, -0.05) is 12.1 Å². The quantitative estimate of drug-likeness (QED) is 0.250. The molecule has 1 aliphatic carbocycles. The Balaban J connectivity index is 1.50. The molecule has 1 aromatic carbocycles. The summed E-state index contributed by atoms with van der Waals surface area (Å²) in [6.07, 6.45) is 6.90. The van der Waals surface area contributed by atoms with Crippen LogP contribution >= 0.6 is 11.3 Å². The highest BCUT2D eigenvalue weighted by molar-refractivity contribution is 7.89. The second kappa shape index (κ2) is 14.0. The predicted molar refractivity (Wildman–Crippen MR) is 169 cm³/mol. The van der Waals surface area contributed by atoms with Crippen molar-refractivity contribution in [2.24, 2.45) is 0 Å². The second-order valence-corrected chi connectivity index (χ2v) is 14.9. The number of hydrogen-bond donors (Lipinski definition) is 3. The lowest BCUT2D eigenvalue weighted by Crippen LogP contribution is -2.40. The van der Waals surface area contributed by atoms with Gasteiger partial charge in [0.25, 0.3) is 0 Å². The average Bonchev–Trinajstić information content (AvgIpc) is 3.41. The number of carbonyl (C=O) groups is 2. The zero-order valence-electron chi connectivity index (χ0n) is 25.3. The molecule has 12 heteroatoms. The minimum atomic E-state index is -3.94. The minimum Gasteiger partial charge on any atom is -0.447 e. The smallest absolute Gasteiger partial charge is 0.407 e. The van der Waals surface area contributed by atoms with Gasteiger partial charge in [-0.05, 0) is 91.0 Å². The molecule has 0 saturated heterocycles. The molecule has 2 heterocycles. The number of hydrogen-bond acceptors (Lipinski definition) is 8. The number of alkyl carbamates (subject to hydrolysis) is 1. The number of aryl methyl sites for hydroxylation is 1. The third-order valence-corrected chi connectivity index (χ3v) is 9.85. The Labute approximate surface area is 258 Å². The number of nitrogens with zero attached hydrogens (tertiary/aromatic N) is 2. The zero-order valence-corrected chi connectivity index (χ0v) is 27.0. The molecule has 4 rings (SSSR count). The summed E-state index contributed by atoms with van der Waals surface area (Å²) < 4.78 is 35.1. The highest BCUT2D eigenvalue weighted by Gasteiger charge is 2.29. The van der Waals surface area contributed by atoms with E-state index in [0.29, 0.717) is 17.7 Å². The van der Waals surface area contributed by atoms with Crippen LogP contribution in [0.5, 0.6) is 0 Å². The van der Waals surface area contributed by atoms with Crippen molar-refractivity contribution in [1.29, 1.82) is 0 Å². The average molecular weight is 628 g/mol. The van der Waals surface area contributed by atoms with Crippen LogP contribution in [-0.4, -0.2) is 48.1 Å². The van der Waals surface area contributed by atoms with E-state index in [1.165, 1.54) is 17.4 Å². The topological polar surface area (TPSA) is 139 Å². The summed E-state index contributed by atoms with van der Waals surface area (Å²) >= 11 is 1.48. The number of nitrogens with one attached hydrogen (secondary N) is 3. The molecule has 1 aliphatic rings. The summed E-state index contributed by atoms with van der Waals surface area (Å²) in [6.45, 7) is 8.99. The first kappa shape index (κ1) is 32.6. The van der Waals surface area contributed by atoms with E-state index in [9.17, 15) is 18.0 Å². The Morgan fingerprint density at radius 2 is 1.81 bits per heavy atom. The van der Waals surface area contributed by atoms with Gasteiger partial charge in [0, 0.05) is 53.3 Å². The van der Waals surface area contributed by atoms with Crippen LogP contribution in [0.4, 0.5) is 10.5 Å². The highest BCUT2D eigenvalue weighted by atomic mass is 32.2. The minimum absolute atomic E-state index is 0.0638. The van der Waals surface area contributed by atoms with Crippen LogP contribution in [0.3, 0.4) is 0 Å². The van der Waals surface area contributed by atoms with Gasteiger partial charge < -0.3 is 15.4 Å². The van der Waals surface area contributed by atoms with Crippen LogP contribution in [0.15, 0.2) is 53.7 Å². The predicted octanol–water partition coefficient (Wildman–Crippen LogP) is 6.01. The van der Waals surface area contributed by atoms with Gasteiger partial charge in [-0.25, -0.2) is 22.9 Å².